The van der Waals surface area contributed by atoms with Gasteiger partial charge in [0.05, 0.1) is 0 Å². The van der Waals surface area contributed by atoms with E-state index in [0.29, 0.717) is 12.0 Å². The van der Waals surface area contributed by atoms with Gasteiger partial charge in [0, 0.05) is 49.3 Å². The Labute approximate surface area is 129 Å². The van der Waals surface area contributed by atoms with E-state index in [4.69, 9.17) is 0 Å². The zero-order valence-electron chi connectivity index (χ0n) is 14.0. The van der Waals surface area contributed by atoms with Crippen LogP contribution < -0.4 is 10.2 Å². The van der Waals surface area contributed by atoms with Crippen LogP contribution in [0.4, 0.5) is 5.69 Å². The van der Waals surface area contributed by atoms with Gasteiger partial charge in [-0.25, -0.2) is 0 Å². The summed E-state index contributed by atoms with van der Waals surface area (Å²) >= 11 is 0. The zero-order valence-corrected chi connectivity index (χ0v) is 14.0. The van der Waals surface area contributed by atoms with Gasteiger partial charge in [0.1, 0.15) is 0 Å². The molecule has 1 aliphatic rings. The van der Waals surface area contributed by atoms with Gasteiger partial charge in [-0.3, -0.25) is 4.98 Å². The zero-order chi connectivity index (χ0) is 15.2. The van der Waals surface area contributed by atoms with Crippen molar-refractivity contribution in [3.05, 3.63) is 24.0 Å². The molecule has 0 spiro atoms. The van der Waals surface area contributed by atoms with Crippen molar-refractivity contribution < 1.29 is 0 Å². The molecule has 0 bridgehead atoms. The molecular weight excluding hydrogens is 260 g/mol. The smallest absolute Gasteiger partial charge is 0.0443 e. The van der Waals surface area contributed by atoms with Crippen LogP contribution in [0.2, 0.25) is 0 Å². The van der Waals surface area contributed by atoms with Crippen LogP contribution in [0, 0.1) is 5.92 Å². The molecule has 2 rings (SSSR count). The first kappa shape index (κ1) is 16.2. The fourth-order valence-electron chi connectivity index (χ4n) is 2.96. The van der Waals surface area contributed by atoms with Crippen LogP contribution in [0.1, 0.15) is 32.3 Å². The SMILES string of the molecule is CC(C)CNCc1cnccc1N1CCCC(N(C)C)C1. The van der Waals surface area contributed by atoms with Gasteiger partial charge in [-0.15, -0.1) is 0 Å². The fourth-order valence-corrected chi connectivity index (χ4v) is 2.96. The number of hydrogen-bond acceptors (Lipinski definition) is 4. The van der Waals surface area contributed by atoms with E-state index in [0.717, 1.165) is 26.2 Å². The molecule has 1 unspecified atom stereocenters. The average molecular weight is 290 g/mol. The summed E-state index contributed by atoms with van der Waals surface area (Å²) in [5.41, 5.74) is 2.67. The van der Waals surface area contributed by atoms with Crippen LogP contribution in [0.25, 0.3) is 0 Å². The van der Waals surface area contributed by atoms with Gasteiger partial charge < -0.3 is 15.1 Å². The Hall–Kier alpha value is -1.13. The molecular formula is C17H30N4. The van der Waals surface area contributed by atoms with Crippen molar-refractivity contribution in [2.24, 2.45) is 5.92 Å². The highest BCUT2D eigenvalue weighted by atomic mass is 15.2. The molecule has 118 valence electrons. The summed E-state index contributed by atoms with van der Waals surface area (Å²) < 4.78 is 0. The Morgan fingerprint density at radius 1 is 1.43 bits per heavy atom. The lowest BCUT2D eigenvalue weighted by atomic mass is 10.0. The van der Waals surface area contributed by atoms with E-state index in [1.54, 1.807) is 0 Å². The van der Waals surface area contributed by atoms with Crippen molar-refractivity contribution in [1.29, 1.82) is 0 Å². The summed E-state index contributed by atoms with van der Waals surface area (Å²) in [4.78, 5) is 9.20. The number of anilines is 1. The van der Waals surface area contributed by atoms with Gasteiger partial charge in [0.25, 0.3) is 0 Å². The van der Waals surface area contributed by atoms with Crippen LogP contribution in [-0.4, -0.2) is 49.7 Å². The Balaban J connectivity index is 2.04. The summed E-state index contributed by atoms with van der Waals surface area (Å²) in [7, 11) is 4.37. The van der Waals surface area contributed by atoms with Crippen molar-refractivity contribution in [1.82, 2.24) is 15.2 Å². The lowest BCUT2D eigenvalue weighted by molar-refractivity contribution is 0.258. The average Bonchev–Trinajstić information content (AvgIpc) is 2.47. The number of nitrogens with zero attached hydrogens (tertiary/aromatic N) is 3. The first-order valence-corrected chi connectivity index (χ1v) is 8.13. The maximum absolute atomic E-state index is 4.31. The second-order valence-corrected chi connectivity index (χ2v) is 6.73. The first-order valence-electron chi connectivity index (χ1n) is 8.13. The number of aromatic nitrogens is 1. The minimum atomic E-state index is 0.656. The monoisotopic (exact) mass is 290 g/mol. The molecule has 1 aliphatic heterocycles. The lowest BCUT2D eigenvalue weighted by Crippen LogP contribution is -2.45. The first-order chi connectivity index (χ1) is 10.1. The molecule has 0 aromatic carbocycles. The van der Waals surface area contributed by atoms with E-state index in [2.05, 4.69) is 54.1 Å². The quantitative estimate of drug-likeness (QED) is 0.871. The molecule has 1 aromatic rings. The van der Waals surface area contributed by atoms with Crippen LogP contribution in [0.15, 0.2) is 18.5 Å². The summed E-state index contributed by atoms with van der Waals surface area (Å²) in [5, 5.41) is 3.54. The van der Waals surface area contributed by atoms with E-state index >= 15 is 0 Å². The number of hydrogen-bond donors (Lipinski definition) is 1. The molecule has 1 saturated heterocycles. The van der Waals surface area contributed by atoms with Crippen LogP contribution in [0.3, 0.4) is 0 Å². The minimum Gasteiger partial charge on any atom is -0.370 e. The highest BCUT2D eigenvalue weighted by Gasteiger charge is 2.22. The summed E-state index contributed by atoms with van der Waals surface area (Å²) in [5.74, 6) is 0.679. The third-order valence-electron chi connectivity index (χ3n) is 4.21. The molecule has 0 saturated carbocycles. The van der Waals surface area contributed by atoms with E-state index in [-0.39, 0.29) is 0 Å². The molecule has 1 N–H and O–H groups in total. The lowest BCUT2D eigenvalue weighted by Gasteiger charge is -2.38. The molecule has 1 atom stereocenters. The van der Waals surface area contributed by atoms with Crippen molar-refractivity contribution in [2.45, 2.75) is 39.3 Å². The molecule has 0 amide bonds. The molecule has 4 nitrogen and oxygen atoms in total. The second kappa shape index (κ2) is 7.76. The highest BCUT2D eigenvalue weighted by Crippen LogP contribution is 2.24. The Bertz CT molecular complexity index is 431. The molecule has 0 radical (unpaired) electrons. The van der Waals surface area contributed by atoms with E-state index in [9.17, 15) is 0 Å². The van der Waals surface area contributed by atoms with Crippen LogP contribution in [-0.2, 0) is 6.54 Å². The van der Waals surface area contributed by atoms with Gasteiger partial charge in [-0.05, 0) is 45.5 Å². The highest BCUT2D eigenvalue weighted by molar-refractivity contribution is 5.52. The summed E-state index contributed by atoms with van der Waals surface area (Å²) in [6.07, 6.45) is 6.50. The molecule has 0 aliphatic carbocycles. The Kier molecular flexibility index (Phi) is 6.00. The van der Waals surface area contributed by atoms with Crippen LogP contribution >= 0.6 is 0 Å². The third-order valence-corrected chi connectivity index (χ3v) is 4.21. The molecule has 21 heavy (non-hydrogen) atoms. The van der Waals surface area contributed by atoms with Gasteiger partial charge in [0.15, 0.2) is 0 Å². The van der Waals surface area contributed by atoms with Crippen LogP contribution in [0.5, 0.6) is 0 Å². The number of piperidine rings is 1. The van der Waals surface area contributed by atoms with E-state index < -0.39 is 0 Å². The molecule has 4 heteroatoms. The van der Waals surface area contributed by atoms with E-state index in [1.807, 2.05) is 12.4 Å². The van der Waals surface area contributed by atoms with Crippen molar-refractivity contribution in [2.75, 3.05) is 38.6 Å². The Morgan fingerprint density at radius 3 is 2.95 bits per heavy atom. The van der Waals surface area contributed by atoms with Crippen molar-refractivity contribution in [3.8, 4) is 0 Å². The van der Waals surface area contributed by atoms with E-state index in [1.165, 1.54) is 24.1 Å². The van der Waals surface area contributed by atoms with Gasteiger partial charge in [-0.1, -0.05) is 13.8 Å². The maximum Gasteiger partial charge on any atom is 0.0443 e. The predicted molar refractivity (Wildman–Crippen MR) is 89.7 cm³/mol. The fraction of sp³-hybridized carbons (Fsp3) is 0.706. The minimum absolute atomic E-state index is 0.656. The summed E-state index contributed by atoms with van der Waals surface area (Å²) in [6, 6.07) is 2.83. The van der Waals surface area contributed by atoms with Gasteiger partial charge in [0.2, 0.25) is 0 Å². The third kappa shape index (κ3) is 4.68. The van der Waals surface area contributed by atoms with Gasteiger partial charge >= 0.3 is 0 Å². The standard InChI is InChI=1S/C17H30N4/c1-14(2)10-19-12-15-11-18-8-7-17(15)21-9-5-6-16(13-21)20(3)4/h7-8,11,14,16,19H,5-6,9-10,12-13H2,1-4H3. The van der Waals surface area contributed by atoms with Crippen molar-refractivity contribution in [3.63, 3.8) is 0 Å². The normalized spacial score (nSPS) is 19.5. The maximum atomic E-state index is 4.31. The predicted octanol–water partition coefficient (Wildman–Crippen LogP) is 2.36. The number of pyridine rings is 1. The number of rotatable bonds is 6. The largest absolute Gasteiger partial charge is 0.370 e. The molecule has 2 heterocycles. The molecule has 1 fully saturated rings. The molecule has 1 aromatic heterocycles. The second-order valence-electron chi connectivity index (χ2n) is 6.73. The Morgan fingerprint density at radius 2 is 2.24 bits per heavy atom. The van der Waals surface area contributed by atoms with Crippen molar-refractivity contribution >= 4 is 5.69 Å². The summed E-state index contributed by atoms with van der Waals surface area (Å²) in [6.45, 7) is 8.71. The topological polar surface area (TPSA) is 31.4 Å². The number of likely N-dealkylation sites (N-methyl/N-ethyl adjacent to an activating group) is 1. The van der Waals surface area contributed by atoms with Gasteiger partial charge in [-0.2, -0.15) is 0 Å². The number of nitrogens with one attached hydrogen (secondary N) is 1.